The molecule has 12 heteroatoms. The van der Waals surface area contributed by atoms with Crippen molar-refractivity contribution in [2.24, 2.45) is 0 Å². The Labute approximate surface area is 266 Å². The van der Waals surface area contributed by atoms with Crippen LogP contribution in [0.25, 0.3) is 0 Å². The molecule has 4 aromatic carbocycles. The Morgan fingerprint density at radius 1 is 0.750 bits per heavy atom. The van der Waals surface area contributed by atoms with Crippen LogP contribution in [0.4, 0.5) is 21.5 Å². The molecule has 1 aliphatic heterocycles. The van der Waals surface area contributed by atoms with E-state index in [4.69, 9.17) is 0 Å². The lowest BCUT2D eigenvalue weighted by atomic mass is 9.88. The van der Waals surface area contributed by atoms with Gasteiger partial charge in [0.1, 0.15) is 10.7 Å². The molecule has 0 radical (unpaired) electrons. The van der Waals surface area contributed by atoms with Gasteiger partial charge < -0.3 is 9.80 Å². The second-order valence-corrected chi connectivity index (χ2v) is 15.2. The molecule has 44 heavy (non-hydrogen) atoms. The molecule has 4 aromatic rings. The number of hydrogen-bond donors (Lipinski definition) is 2. The van der Waals surface area contributed by atoms with Crippen LogP contribution >= 0.6 is 15.9 Å². The normalized spacial score (nSPS) is 17.3. The fourth-order valence-corrected chi connectivity index (χ4v) is 8.72. The summed E-state index contributed by atoms with van der Waals surface area (Å²) in [4.78, 5) is 3.93. The Kier molecular flexibility index (Phi) is 8.69. The van der Waals surface area contributed by atoms with Gasteiger partial charge in [0.25, 0.3) is 10.0 Å². The summed E-state index contributed by atoms with van der Waals surface area (Å²) in [5.41, 5.74) is 3.17. The lowest BCUT2D eigenvalue weighted by Gasteiger charge is -2.38. The van der Waals surface area contributed by atoms with Crippen LogP contribution in [0.3, 0.4) is 0 Å². The third-order valence-electron chi connectivity index (χ3n) is 8.11. The van der Waals surface area contributed by atoms with Gasteiger partial charge in [0.05, 0.1) is 22.0 Å². The fourth-order valence-electron chi connectivity index (χ4n) is 5.91. The summed E-state index contributed by atoms with van der Waals surface area (Å²) in [5.74, 6) is -0.302. The molecule has 1 fully saturated rings. The van der Waals surface area contributed by atoms with Crippen molar-refractivity contribution in [2.45, 2.75) is 35.1 Å². The van der Waals surface area contributed by atoms with Gasteiger partial charge in [-0.1, -0.05) is 52.3 Å². The number of aryl methyl sites for hydroxylation is 1. The molecule has 1 aliphatic carbocycles. The summed E-state index contributed by atoms with van der Waals surface area (Å²) in [6, 6.07) is 24.8. The molecule has 2 aliphatic rings. The Bertz CT molecular complexity index is 1880. The van der Waals surface area contributed by atoms with Gasteiger partial charge >= 0.3 is 0 Å². The van der Waals surface area contributed by atoms with E-state index < -0.39 is 26.1 Å². The molecule has 0 bridgehead atoms. The molecule has 0 saturated carbocycles. The number of sulfonamides is 2. The van der Waals surface area contributed by atoms with Gasteiger partial charge in [-0.05, 0) is 85.0 Å². The van der Waals surface area contributed by atoms with Crippen LogP contribution in [0.5, 0.6) is 0 Å². The third-order valence-corrected chi connectivity index (χ3v) is 11.5. The summed E-state index contributed by atoms with van der Waals surface area (Å²) in [5, 5.41) is 0. The first kappa shape index (κ1) is 30.6. The molecule has 8 nitrogen and oxygen atoms in total. The Morgan fingerprint density at radius 3 is 2.14 bits per heavy atom. The lowest BCUT2D eigenvalue weighted by Crippen LogP contribution is -2.47. The quantitative estimate of drug-likeness (QED) is 0.232. The minimum absolute atomic E-state index is 0.0177. The highest BCUT2D eigenvalue weighted by Crippen LogP contribution is 2.35. The highest BCUT2D eigenvalue weighted by molar-refractivity contribution is 9.10. The number of benzene rings is 4. The zero-order valence-electron chi connectivity index (χ0n) is 23.8. The second kappa shape index (κ2) is 12.5. The van der Waals surface area contributed by atoms with Crippen LogP contribution in [-0.4, -0.2) is 43.0 Å². The lowest BCUT2D eigenvalue weighted by molar-refractivity contribution is 0.507. The molecule has 6 rings (SSSR count). The smallest absolute Gasteiger partial charge is 0.261 e. The zero-order valence-corrected chi connectivity index (χ0v) is 27.0. The first-order valence-electron chi connectivity index (χ1n) is 14.4. The van der Waals surface area contributed by atoms with E-state index in [9.17, 15) is 21.2 Å². The van der Waals surface area contributed by atoms with Crippen LogP contribution in [-0.2, 0) is 26.5 Å². The average Bonchev–Trinajstić information content (AvgIpc) is 3.01. The highest BCUT2D eigenvalue weighted by Gasteiger charge is 2.30. The molecule has 1 atom stereocenters. The van der Waals surface area contributed by atoms with Gasteiger partial charge in [-0.3, -0.25) is 4.72 Å². The highest BCUT2D eigenvalue weighted by atomic mass is 79.9. The van der Waals surface area contributed by atoms with Crippen molar-refractivity contribution in [3.8, 4) is 0 Å². The topological polar surface area (TPSA) is 98.8 Å². The van der Waals surface area contributed by atoms with E-state index in [0.29, 0.717) is 44.0 Å². The van der Waals surface area contributed by atoms with E-state index in [2.05, 4.69) is 25.4 Å². The molecule has 0 amide bonds. The first-order chi connectivity index (χ1) is 21.1. The standard InChI is InChI=1S/C32H32BrFN4O4S2/c33-24-12-15-26(16-13-24)43(39,40)35-25-14-17-31(38-20-18-37(19-21-38)30-11-4-3-9-28(30)34)32(22-25)44(41,42)36-29-10-5-7-23-6-1-2-8-27(23)29/h1-4,6,8-9,11-17,22,29,35-36H,5,7,10,18-21H2/t29-/m1/s1. The number of piperazine rings is 1. The largest absolute Gasteiger partial charge is 0.367 e. The van der Waals surface area contributed by atoms with Crippen molar-refractivity contribution in [1.82, 2.24) is 4.72 Å². The maximum atomic E-state index is 14.5. The van der Waals surface area contributed by atoms with Crippen LogP contribution in [0.1, 0.15) is 30.0 Å². The Hall–Kier alpha value is -3.45. The SMILES string of the molecule is O=S(=O)(Nc1ccc(N2CCN(c3ccccc3F)CC2)c(S(=O)(=O)N[C@@H]2CCCc3ccccc32)c1)c1ccc(Br)cc1. The predicted octanol–water partition coefficient (Wildman–Crippen LogP) is 6.07. The van der Waals surface area contributed by atoms with E-state index in [1.54, 1.807) is 42.5 Å². The Morgan fingerprint density at radius 2 is 1.41 bits per heavy atom. The van der Waals surface area contributed by atoms with Gasteiger partial charge in [0, 0.05) is 36.7 Å². The molecule has 0 unspecified atom stereocenters. The van der Waals surface area contributed by atoms with Crippen LogP contribution in [0.2, 0.25) is 0 Å². The number of rotatable bonds is 8. The first-order valence-corrected chi connectivity index (χ1v) is 18.1. The van der Waals surface area contributed by atoms with E-state index in [-0.39, 0.29) is 21.3 Å². The number of para-hydroxylation sites is 1. The van der Waals surface area contributed by atoms with Crippen molar-refractivity contribution in [3.63, 3.8) is 0 Å². The van der Waals surface area contributed by atoms with Crippen molar-refractivity contribution in [3.05, 3.63) is 112 Å². The maximum Gasteiger partial charge on any atom is 0.261 e. The Balaban J connectivity index is 1.33. The van der Waals surface area contributed by atoms with Gasteiger partial charge in [-0.25, -0.2) is 25.9 Å². The van der Waals surface area contributed by atoms with E-state index in [1.807, 2.05) is 34.1 Å². The maximum absolute atomic E-state index is 14.5. The molecule has 0 spiro atoms. The number of nitrogens with zero attached hydrogens (tertiary/aromatic N) is 2. The van der Waals surface area contributed by atoms with Gasteiger partial charge in [0.2, 0.25) is 10.0 Å². The van der Waals surface area contributed by atoms with Gasteiger partial charge in [-0.15, -0.1) is 0 Å². The van der Waals surface area contributed by atoms with E-state index >= 15 is 0 Å². The number of anilines is 3. The minimum atomic E-state index is -4.11. The van der Waals surface area contributed by atoms with Crippen LogP contribution in [0, 0.1) is 5.82 Å². The van der Waals surface area contributed by atoms with Crippen molar-refractivity contribution >= 4 is 53.0 Å². The number of halogens is 2. The fraction of sp³-hybridized carbons (Fsp3) is 0.250. The van der Waals surface area contributed by atoms with Crippen molar-refractivity contribution in [2.75, 3.05) is 40.7 Å². The molecule has 0 aromatic heterocycles. The monoisotopic (exact) mass is 698 g/mol. The van der Waals surface area contributed by atoms with Crippen molar-refractivity contribution < 1.29 is 21.2 Å². The van der Waals surface area contributed by atoms with Crippen LogP contribution < -0.4 is 19.2 Å². The molecule has 230 valence electrons. The number of fused-ring (bicyclic) bond motifs is 1. The molecular formula is C32H32BrFN4O4S2. The third kappa shape index (κ3) is 6.49. The van der Waals surface area contributed by atoms with Crippen LogP contribution in [0.15, 0.2) is 105 Å². The van der Waals surface area contributed by atoms with E-state index in [1.165, 1.54) is 24.3 Å². The summed E-state index contributed by atoms with van der Waals surface area (Å²) >= 11 is 3.31. The summed E-state index contributed by atoms with van der Waals surface area (Å²) < 4.78 is 75.3. The van der Waals surface area contributed by atoms with E-state index in [0.717, 1.165) is 28.4 Å². The molecule has 1 heterocycles. The molecule has 1 saturated heterocycles. The molecular weight excluding hydrogens is 667 g/mol. The van der Waals surface area contributed by atoms with Gasteiger partial charge in [-0.2, -0.15) is 0 Å². The van der Waals surface area contributed by atoms with Crippen molar-refractivity contribution in [1.29, 1.82) is 0 Å². The summed E-state index contributed by atoms with van der Waals surface area (Å²) in [6.45, 7) is 1.88. The summed E-state index contributed by atoms with van der Waals surface area (Å²) in [7, 11) is -8.09. The predicted molar refractivity (Wildman–Crippen MR) is 175 cm³/mol. The summed E-state index contributed by atoms with van der Waals surface area (Å²) in [6.07, 6.45) is 2.39. The second-order valence-electron chi connectivity index (χ2n) is 10.9. The number of nitrogens with one attached hydrogen (secondary N) is 2. The average molecular weight is 700 g/mol. The molecule has 2 N–H and O–H groups in total. The van der Waals surface area contributed by atoms with Gasteiger partial charge in [0.15, 0.2) is 0 Å². The number of hydrogen-bond acceptors (Lipinski definition) is 6. The zero-order chi connectivity index (χ0) is 30.9. The minimum Gasteiger partial charge on any atom is -0.367 e.